The zero-order valence-electron chi connectivity index (χ0n) is 22.5. The van der Waals surface area contributed by atoms with Crippen LogP contribution in [-0.4, -0.2) is 29.5 Å². The van der Waals surface area contributed by atoms with Gasteiger partial charge in [0, 0.05) is 11.1 Å². The second kappa shape index (κ2) is 13.2. The minimum atomic E-state index is 0.0670. The van der Waals surface area contributed by atoms with E-state index in [1.54, 1.807) is 0 Å². The first-order valence-electron chi connectivity index (χ1n) is 12.4. The van der Waals surface area contributed by atoms with Gasteiger partial charge in [0.05, 0.1) is 50.8 Å². The third-order valence-electron chi connectivity index (χ3n) is 5.51. The Morgan fingerprint density at radius 1 is 0.529 bits per heavy atom. The van der Waals surface area contributed by atoms with Gasteiger partial charge in [-0.15, -0.1) is 0 Å². The molecule has 190 valence electrons. The Balaban J connectivity index is 2.58. The Hall–Kier alpha value is -1.92. The fourth-order valence-electron chi connectivity index (χ4n) is 3.48. The second-order valence-electron chi connectivity index (χ2n) is 10.0. The fraction of sp³-hybridized carbons (Fsp3) is 0.586. The van der Waals surface area contributed by atoms with E-state index >= 15 is 0 Å². The minimum absolute atomic E-state index is 0.0670. The number of rotatable bonds is 13. The highest BCUT2D eigenvalue weighted by molar-refractivity contribution is 5.69. The highest BCUT2D eigenvalue weighted by atomic mass is 16.5. The van der Waals surface area contributed by atoms with Gasteiger partial charge >= 0.3 is 0 Å². The summed E-state index contributed by atoms with van der Waals surface area (Å²) in [7, 11) is 0. The van der Waals surface area contributed by atoms with Crippen LogP contribution in [-0.2, 0) is 45.4 Å². The van der Waals surface area contributed by atoms with Gasteiger partial charge in [0.1, 0.15) is 5.75 Å². The lowest BCUT2D eigenvalue weighted by Gasteiger charge is -2.19. The van der Waals surface area contributed by atoms with Crippen LogP contribution in [0.1, 0.15) is 83.2 Å². The molecule has 0 amide bonds. The lowest BCUT2D eigenvalue weighted by Crippen LogP contribution is -2.08. The summed E-state index contributed by atoms with van der Waals surface area (Å²) in [5, 5.41) is 10.9. The van der Waals surface area contributed by atoms with E-state index in [2.05, 4.69) is 19.1 Å². The van der Waals surface area contributed by atoms with Crippen molar-refractivity contribution in [1.82, 2.24) is 0 Å². The number of phenolic OH excluding ortho intramolecular Hbond substituents is 1. The Labute approximate surface area is 206 Å². The third-order valence-corrected chi connectivity index (χ3v) is 5.51. The zero-order valence-corrected chi connectivity index (χ0v) is 22.5. The summed E-state index contributed by atoms with van der Waals surface area (Å²) in [6.07, 6.45) is 0.424. The maximum absolute atomic E-state index is 10.9. The molecule has 0 saturated carbocycles. The van der Waals surface area contributed by atoms with E-state index in [0.717, 1.165) is 33.4 Å². The highest BCUT2D eigenvalue weighted by Crippen LogP contribution is 2.34. The van der Waals surface area contributed by atoms with Crippen LogP contribution in [0.3, 0.4) is 0 Å². The molecule has 2 aromatic carbocycles. The molecule has 5 nitrogen and oxygen atoms in total. The number of hydrogen-bond donors (Lipinski definition) is 1. The summed E-state index contributed by atoms with van der Waals surface area (Å²) in [5.41, 5.74) is 7.06. The van der Waals surface area contributed by atoms with Crippen LogP contribution in [0.25, 0.3) is 11.1 Å². The molecule has 0 aliphatic rings. The van der Waals surface area contributed by atoms with Crippen LogP contribution in [0.4, 0.5) is 0 Å². The molecular weight excluding hydrogens is 428 g/mol. The number of aromatic hydroxyl groups is 1. The molecule has 0 fully saturated rings. The van der Waals surface area contributed by atoms with Gasteiger partial charge in [0.25, 0.3) is 0 Å². The van der Waals surface area contributed by atoms with Crippen LogP contribution in [0, 0.1) is 6.92 Å². The molecule has 0 spiro atoms. The van der Waals surface area contributed by atoms with E-state index in [9.17, 15) is 5.11 Å². The lowest BCUT2D eigenvalue weighted by atomic mass is 9.93. The van der Waals surface area contributed by atoms with Crippen LogP contribution in [0.5, 0.6) is 5.75 Å². The van der Waals surface area contributed by atoms with Crippen molar-refractivity contribution in [3.63, 3.8) is 0 Å². The van der Waals surface area contributed by atoms with Crippen molar-refractivity contribution in [3.8, 4) is 16.9 Å². The van der Waals surface area contributed by atoms with Gasteiger partial charge in [-0.05, 0) is 114 Å². The summed E-state index contributed by atoms with van der Waals surface area (Å²) in [6, 6.07) is 8.40. The molecule has 0 aromatic heterocycles. The smallest absolute Gasteiger partial charge is 0.126 e. The maximum Gasteiger partial charge on any atom is 0.126 e. The Bertz CT molecular complexity index is 773. The monoisotopic (exact) mass is 472 g/mol. The summed E-state index contributed by atoms with van der Waals surface area (Å²) >= 11 is 0. The first kappa shape index (κ1) is 28.3. The van der Waals surface area contributed by atoms with Crippen molar-refractivity contribution >= 4 is 0 Å². The average Bonchev–Trinajstić information content (AvgIpc) is 2.75. The van der Waals surface area contributed by atoms with Gasteiger partial charge in [-0.25, -0.2) is 0 Å². The van der Waals surface area contributed by atoms with Crippen molar-refractivity contribution in [3.05, 3.63) is 52.1 Å². The summed E-state index contributed by atoms with van der Waals surface area (Å²) < 4.78 is 23.6. The molecule has 2 rings (SSSR count). The van der Waals surface area contributed by atoms with Gasteiger partial charge in [0.2, 0.25) is 0 Å². The average molecular weight is 473 g/mol. The molecule has 0 radical (unpaired) electrons. The van der Waals surface area contributed by atoms with Crippen molar-refractivity contribution < 1.29 is 24.1 Å². The summed E-state index contributed by atoms with van der Waals surface area (Å²) in [5.74, 6) is 0.240. The predicted molar refractivity (Wildman–Crippen MR) is 138 cm³/mol. The predicted octanol–water partition coefficient (Wildman–Crippen LogP) is 7.07. The standard InChI is InChI=1S/C29H44O5/c1-18(2)31-14-25-10-23(11-26(22(25)9)15-32-19(3)4)24-12-27(16-33-20(5)6)29(30)28(13-24)17-34-21(7)8/h10-13,18-21,30H,14-17H2,1-9H3. The summed E-state index contributed by atoms with van der Waals surface area (Å²) in [4.78, 5) is 0. The number of phenols is 1. The molecule has 0 unspecified atom stereocenters. The molecule has 0 atom stereocenters. The van der Waals surface area contributed by atoms with Crippen molar-refractivity contribution in [1.29, 1.82) is 0 Å². The molecule has 2 aromatic rings. The zero-order chi connectivity index (χ0) is 25.4. The highest BCUT2D eigenvalue weighted by Gasteiger charge is 2.16. The first-order valence-corrected chi connectivity index (χ1v) is 12.4. The van der Waals surface area contributed by atoms with Gasteiger partial charge in [-0.1, -0.05) is 0 Å². The number of hydrogen-bond acceptors (Lipinski definition) is 5. The molecule has 0 aliphatic carbocycles. The van der Waals surface area contributed by atoms with Gasteiger partial charge in [0.15, 0.2) is 0 Å². The molecule has 0 saturated heterocycles. The Kier molecular flexibility index (Phi) is 11.0. The van der Waals surface area contributed by atoms with E-state index in [1.807, 2.05) is 67.5 Å². The molecule has 0 heterocycles. The molecule has 0 bridgehead atoms. The quantitative estimate of drug-likeness (QED) is 0.338. The van der Waals surface area contributed by atoms with Gasteiger partial charge < -0.3 is 24.1 Å². The normalized spacial score (nSPS) is 12.0. The largest absolute Gasteiger partial charge is 0.507 e. The van der Waals surface area contributed by atoms with E-state index in [1.165, 1.54) is 5.56 Å². The molecule has 1 N–H and O–H groups in total. The van der Waals surface area contributed by atoms with Crippen LogP contribution in [0.2, 0.25) is 0 Å². The topological polar surface area (TPSA) is 57.2 Å². The molecule has 5 heteroatoms. The van der Waals surface area contributed by atoms with Crippen molar-refractivity contribution in [2.75, 3.05) is 0 Å². The minimum Gasteiger partial charge on any atom is -0.507 e. The maximum atomic E-state index is 10.9. The van der Waals surface area contributed by atoms with E-state index < -0.39 is 0 Å². The summed E-state index contributed by atoms with van der Waals surface area (Å²) in [6.45, 7) is 20.0. The first-order chi connectivity index (χ1) is 16.0. The van der Waals surface area contributed by atoms with Crippen molar-refractivity contribution in [2.45, 2.75) is 113 Å². The Morgan fingerprint density at radius 3 is 1.09 bits per heavy atom. The third kappa shape index (κ3) is 8.70. The van der Waals surface area contributed by atoms with E-state index in [0.29, 0.717) is 26.4 Å². The van der Waals surface area contributed by atoms with Crippen LogP contribution in [0.15, 0.2) is 24.3 Å². The van der Waals surface area contributed by atoms with Crippen LogP contribution >= 0.6 is 0 Å². The van der Waals surface area contributed by atoms with Gasteiger partial charge in [-0.2, -0.15) is 0 Å². The lowest BCUT2D eigenvalue weighted by molar-refractivity contribution is 0.0601. The van der Waals surface area contributed by atoms with Gasteiger partial charge in [-0.3, -0.25) is 0 Å². The number of ether oxygens (including phenoxy) is 4. The Morgan fingerprint density at radius 2 is 0.794 bits per heavy atom. The van der Waals surface area contributed by atoms with E-state index in [-0.39, 0.29) is 30.2 Å². The molecule has 34 heavy (non-hydrogen) atoms. The van der Waals surface area contributed by atoms with Crippen LogP contribution < -0.4 is 0 Å². The van der Waals surface area contributed by atoms with E-state index in [4.69, 9.17) is 18.9 Å². The molecular formula is C29H44O5. The fourth-order valence-corrected chi connectivity index (χ4v) is 3.48. The van der Waals surface area contributed by atoms with Crippen molar-refractivity contribution in [2.24, 2.45) is 0 Å². The SMILES string of the molecule is Cc1c(COC(C)C)cc(-c2cc(COC(C)C)c(O)c(COC(C)C)c2)cc1COC(C)C. The molecule has 0 aliphatic heterocycles. The number of benzene rings is 2. The second-order valence-corrected chi connectivity index (χ2v) is 10.0.